The fraction of sp³-hybridized carbons (Fsp3) is 0.536. The molecule has 3 aliphatic heterocycles. The van der Waals surface area contributed by atoms with E-state index in [1.807, 2.05) is 32.0 Å². The number of benzene rings is 1. The average molecular weight is 513 g/mol. The number of carbonyl (C=O) groups is 3. The number of aryl methyl sites for hydroxylation is 2. The first-order valence-electron chi connectivity index (χ1n) is 12.6. The van der Waals surface area contributed by atoms with Crippen LogP contribution in [0.2, 0.25) is 0 Å². The van der Waals surface area contributed by atoms with Crippen molar-refractivity contribution in [1.29, 1.82) is 0 Å². The SMILES string of the molecule is C=CCCOC(=O)[C@@H]1[C@H]2C(=O)N(CCO)C(C(=O)N(CC=C)c3c(C)cccc3C)C23S[C@@H]1CC3C. The molecule has 6 atom stereocenters. The van der Waals surface area contributed by atoms with E-state index in [0.717, 1.165) is 23.2 Å². The fourth-order valence-electron chi connectivity index (χ4n) is 6.55. The van der Waals surface area contributed by atoms with Gasteiger partial charge >= 0.3 is 5.97 Å². The number of β-amino-alcohol motifs (C(OH)–C–C–N with tert-alkyl or cyclic N) is 1. The number of para-hydroxylation sites is 1. The Balaban J connectivity index is 1.78. The van der Waals surface area contributed by atoms with E-state index in [4.69, 9.17) is 4.74 Å². The molecule has 2 amide bonds. The maximum atomic E-state index is 14.5. The number of fused-ring (bicyclic) bond motifs is 1. The number of anilines is 1. The molecule has 0 saturated carbocycles. The van der Waals surface area contributed by atoms with Gasteiger partial charge in [0.1, 0.15) is 6.04 Å². The van der Waals surface area contributed by atoms with E-state index >= 15 is 0 Å². The number of aliphatic hydroxyl groups excluding tert-OH is 1. The lowest BCUT2D eigenvalue weighted by atomic mass is 9.66. The molecule has 3 saturated heterocycles. The summed E-state index contributed by atoms with van der Waals surface area (Å²) in [4.78, 5) is 44.8. The number of aliphatic hydroxyl groups is 1. The highest BCUT2D eigenvalue weighted by Crippen LogP contribution is 2.68. The van der Waals surface area contributed by atoms with Gasteiger partial charge in [-0.3, -0.25) is 14.4 Å². The van der Waals surface area contributed by atoms with E-state index in [1.165, 1.54) is 4.90 Å². The second-order valence-electron chi connectivity index (χ2n) is 10.0. The Morgan fingerprint density at radius 1 is 1.28 bits per heavy atom. The standard InChI is InChI=1S/C28H36N2O5S/c1-6-8-15-35-27(34)21-20-16-19(5)28(36-20)22(21)25(32)30(13-14-31)24(28)26(33)29(12-7-2)23-17(3)10-9-11-18(23)4/h6-7,9-11,19-22,24,31H,1-2,8,12-16H2,3-5H3/t19?,20-,21+,22+,24?,28?/m1/s1. The van der Waals surface area contributed by atoms with Crippen LogP contribution in [-0.4, -0.2) is 70.1 Å². The monoisotopic (exact) mass is 512 g/mol. The normalized spacial score (nSPS) is 30.3. The average Bonchev–Trinajstić information content (AvgIpc) is 3.42. The topological polar surface area (TPSA) is 87.1 Å². The third-order valence-electron chi connectivity index (χ3n) is 7.95. The van der Waals surface area contributed by atoms with Gasteiger partial charge in [-0.15, -0.1) is 24.9 Å². The summed E-state index contributed by atoms with van der Waals surface area (Å²) in [6.07, 6.45) is 4.65. The summed E-state index contributed by atoms with van der Waals surface area (Å²) in [5.74, 6) is -2.03. The number of thioether (sulfide) groups is 1. The van der Waals surface area contributed by atoms with Gasteiger partial charge in [-0.2, -0.15) is 0 Å². The van der Waals surface area contributed by atoms with Crippen molar-refractivity contribution in [3.05, 3.63) is 54.6 Å². The maximum Gasteiger partial charge on any atom is 0.310 e. The Kier molecular flexibility index (Phi) is 7.67. The number of hydrogen-bond donors (Lipinski definition) is 1. The lowest BCUT2D eigenvalue weighted by Gasteiger charge is -2.40. The molecule has 4 rings (SSSR count). The highest BCUT2D eigenvalue weighted by atomic mass is 32.2. The Bertz CT molecular complexity index is 1050. The van der Waals surface area contributed by atoms with E-state index < -0.39 is 22.6 Å². The van der Waals surface area contributed by atoms with Gasteiger partial charge in [0.15, 0.2) is 0 Å². The molecule has 3 aliphatic rings. The summed E-state index contributed by atoms with van der Waals surface area (Å²) >= 11 is 1.60. The van der Waals surface area contributed by atoms with Gasteiger partial charge in [-0.1, -0.05) is 37.3 Å². The summed E-state index contributed by atoms with van der Waals surface area (Å²) in [6, 6.07) is 5.09. The Morgan fingerprint density at radius 2 is 1.97 bits per heavy atom. The zero-order chi connectivity index (χ0) is 26.2. The van der Waals surface area contributed by atoms with Crippen molar-refractivity contribution in [1.82, 2.24) is 4.90 Å². The third kappa shape index (κ3) is 3.98. The summed E-state index contributed by atoms with van der Waals surface area (Å²) in [6.45, 7) is 13.8. The molecule has 0 radical (unpaired) electrons. The predicted molar refractivity (Wildman–Crippen MR) is 142 cm³/mol. The highest BCUT2D eigenvalue weighted by molar-refractivity contribution is 8.02. The van der Waals surface area contributed by atoms with Gasteiger partial charge < -0.3 is 19.6 Å². The Hall–Kier alpha value is -2.58. The van der Waals surface area contributed by atoms with Crippen LogP contribution in [0.5, 0.6) is 0 Å². The molecule has 1 spiro atoms. The van der Waals surface area contributed by atoms with Crippen LogP contribution in [0, 0.1) is 31.6 Å². The zero-order valence-corrected chi connectivity index (χ0v) is 22.1. The van der Waals surface area contributed by atoms with Crippen LogP contribution in [0.4, 0.5) is 5.69 Å². The number of hydrogen-bond acceptors (Lipinski definition) is 6. The minimum atomic E-state index is -0.794. The van der Waals surface area contributed by atoms with E-state index in [9.17, 15) is 19.5 Å². The van der Waals surface area contributed by atoms with Crippen LogP contribution >= 0.6 is 11.8 Å². The molecule has 0 aromatic heterocycles. The van der Waals surface area contributed by atoms with Crippen molar-refractivity contribution >= 4 is 35.2 Å². The lowest BCUT2D eigenvalue weighted by Crippen LogP contribution is -2.57. The molecule has 3 fully saturated rings. The van der Waals surface area contributed by atoms with Crippen LogP contribution in [0.3, 0.4) is 0 Å². The molecule has 7 nitrogen and oxygen atoms in total. The molecule has 3 unspecified atom stereocenters. The van der Waals surface area contributed by atoms with Crippen molar-refractivity contribution < 1.29 is 24.2 Å². The van der Waals surface area contributed by atoms with Crippen molar-refractivity contribution in [3.8, 4) is 0 Å². The Labute approximate surface area is 217 Å². The molecular weight excluding hydrogens is 476 g/mol. The van der Waals surface area contributed by atoms with Gasteiger partial charge in [0.25, 0.3) is 5.91 Å². The largest absolute Gasteiger partial charge is 0.465 e. The van der Waals surface area contributed by atoms with E-state index in [0.29, 0.717) is 13.0 Å². The molecule has 2 bridgehead atoms. The zero-order valence-electron chi connectivity index (χ0n) is 21.3. The van der Waals surface area contributed by atoms with Crippen LogP contribution < -0.4 is 4.90 Å². The smallest absolute Gasteiger partial charge is 0.310 e. The quantitative estimate of drug-likeness (QED) is 0.294. The van der Waals surface area contributed by atoms with Crippen LogP contribution in [0.1, 0.15) is 30.9 Å². The molecule has 1 aromatic rings. The van der Waals surface area contributed by atoms with Gasteiger partial charge in [0.2, 0.25) is 5.91 Å². The highest BCUT2D eigenvalue weighted by Gasteiger charge is 2.76. The summed E-state index contributed by atoms with van der Waals surface area (Å²) < 4.78 is 4.78. The number of likely N-dealkylation sites (tertiary alicyclic amines) is 1. The molecule has 1 N–H and O–H groups in total. The first-order chi connectivity index (χ1) is 17.2. The lowest BCUT2D eigenvalue weighted by molar-refractivity contribution is -0.154. The molecule has 1 aromatic carbocycles. The first kappa shape index (κ1) is 26.5. The molecule has 194 valence electrons. The number of carbonyl (C=O) groups excluding carboxylic acids is 3. The van der Waals surface area contributed by atoms with Crippen LogP contribution in [-0.2, 0) is 19.1 Å². The van der Waals surface area contributed by atoms with Gasteiger partial charge in [0, 0.05) is 24.0 Å². The summed E-state index contributed by atoms with van der Waals surface area (Å²) in [7, 11) is 0. The van der Waals surface area contributed by atoms with Crippen LogP contribution in [0.25, 0.3) is 0 Å². The van der Waals surface area contributed by atoms with Crippen molar-refractivity contribution in [2.24, 2.45) is 17.8 Å². The van der Waals surface area contributed by atoms with E-state index in [-0.39, 0.29) is 48.7 Å². The summed E-state index contributed by atoms with van der Waals surface area (Å²) in [5, 5.41) is 9.78. The molecule has 8 heteroatoms. The number of rotatable bonds is 10. The second-order valence-corrected chi connectivity index (χ2v) is 11.6. The van der Waals surface area contributed by atoms with Crippen LogP contribution in [0.15, 0.2) is 43.5 Å². The van der Waals surface area contributed by atoms with Gasteiger partial charge in [0.05, 0.1) is 29.8 Å². The van der Waals surface area contributed by atoms with Crippen molar-refractivity contribution in [2.75, 3.05) is 31.2 Å². The number of ether oxygens (including phenoxy) is 1. The second kappa shape index (κ2) is 10.4. The molecule has 36 heavy (non-hydrogen) atoms. The molecule has 0 aliphatic carbocycles. The first-order valence-corrected chi connectivity index (χ1v) is 13.5. The predicted octanol–water partition coefficient (Wildman–Crippen LogP) is 3.27. The minimum absolute atomic E-state index is 0.0400. The fourth-order valence-corrected chi connectivity index (χ4v) is 8.96. The van der Waals surface area contributed by atoms with Gasteiger partial charge in [-0.05, 0) is 43.7 Å². The summed E-state index contributed by atoms with van der Waals surface area (Å²) in [5.41, 5.74) is 2.72. The molecule has 3 heterocycles. The van der Waals surface area contributed by atoms with Crippen molar-refractivity contribution in [3.63, 3.8) is 0 Å². The van der Waals surface area contributed by atoms with Crippen molar-refractivity contribution in [2.45, 2.75) is 49.7 Å². The maximum absolute atomic E-state index is 14.5. The van der Waals surface area contributed by atoms with Gasteiger partial charge in [-0.25, -0.2) is 0 Å². The number of amides is 2. The third-order valence-corrected chi connectivity index (χ3v) is 10.0. The Morgan fingerprint density at radius 3 is 2.58 bits per heavy atom. The minimum Gasteiger partial charge on any atom is -0.465 e. The number of nitrogens with zero attached hydrogens (tertiary/aromatic N) is 2. The van der Waals surface area contributed by atoms with E-state index in [2.05, 4.69) is 20.1 Å². The van der Waals surface area contributed by atoms with E-state index in [1.54, 1.807) is 28.8 Å². The molecular formula is C28H36N2O5S. The number of esters is 1.